The minimum atomic E-state index is -3.09. The molecule has 0 unspecified atom stereocenters. The van der Waals surface area contributed by atoms with Crippen LogP contribution in [0.15, 0.2) is 30.5 Å². The minimum absolute atomic E-state index is 0.00898. The topological polar surface area (TPSA) is 94.4 Å². The Bertz CT molecular complexity index is 1300. The zero-order chi connectivity index (χ0) is 24.5. The second-order valence-corrected chi connectivity index (χ2v) is 16.5. The quantitative estimate of drug-likeness (QED) is 0.461. The molecule has 0 bridgehead atoms. The van der Waals surface area contributed by atoms with E-state index in [1.165, 1.54) is 11.0 Å². The highest BCUT2D eigenvalue weighted by Gasteiger charge is 2.33. The Kier molecular flexibility index (Phi) is 6.64. The second-order valence-electron chi connectivity index (χ2n) is 9.53. The van der Waals surface area contributed by atoms with Crippen LogP contribution in [0, 0.1) is 17.3 Å². The Balaban J connectivity index is 1.40. The van der Waals surface area contributed by atoms with Gasteiger partial charge in [0.1, 0.15) is 20.0 Å². The summed E-state index contributed by atoms with van der Waals surface area (Å²) >= 11 is 0. The molecule has 2 aliphatic rings. The van der Waals surface area contributed by atoms with Gasteiger partial charge in [-0.1, -0.05) is 30.9 Å². The molecular weight excluding hydrogens is 475 g/mol. The maximum absolute atomic E-state index is 14.8. The van der Waals surface area contributed by atoms with Gasteiger partial charge in [-0.15, -0.1) is 16.6 Å². The van der Waals surface area contributed by atoms with Gasteiger partial charge in [0, 0.05) is 11.8 Å². The Morgan fingerprint density at radius 2 is 2.09 bits per heavy atom. The summed E-state index contributed by atoms with van der Waals surface area (Å²) in [5.74, 6) is 2.58. The molecule has 34 heavy (non-hydrogen) atoms. The predicted octanol–water partition coefficient (Wildman–Crippen LogP) is 3.07. The molecule has 0 spiro atoms. The fourth-order valence-electron chi connectivity index (χ4n) is 3.80. The number of rotatable bonds is 5. The highest BCUT2D eigenvalue weighted by molar-refractivity contribution is 7.91. The van der Waals surface area contributed by atoms with Crippen LogP contribution in [-0.4, -0.2) is 61.7 Å². The van der Waals surface area contributed by atoms with Gasteiger partial charge in [0.15, 0.2) is 9.84 Å². The van der Waals surface area contributed by atoms with Gasteiger partial charge in [-0.05, 0) is 30.2 Å². The van der Waals surface area contributed by atoms with E-state index in [-0.39, 0.29) is 24.5 Å². The summed E-state index contributed by atoms with van der Waals surface area (Å²) in [6.45, 7) is 7.12. The van der Waals surface area contributed by atoms with E-state index in [0.29, 0.717) is 29.8 Å². The first-order valence-electron chi connectivity index (χ1n) is 11.1. The summed E-state index contributed by atoms with van der Waals surface area (Å²) in [5, 5.41) is 8.22. The Labute approximate surface area is 199 Å². The largest absolute Gasteiger partial charge is 0.442 e. The van der Waals surface area contributed by atoms with Crippen molar-refractivity contribution in [1.82, 2.24) is 15.0 Å². The number of nitrogens with zero attached hydrogens (tertiary/aromatic N) is 4. The number of aromatic nitrogens is 3. The Hall–Kier alpha value is -2.97. The molecule has 1 amide bonds. The number of sulfone groups is 1. The first-order chi connectivity index (χ1) is 16.0. The number of ether oxygens (including phenoxy) is 1. The van der Waals surface area contributed by atoms with E-state index in [9.17, 15) is 17.6 Å². The first kappa shape index (κ1) is 24.2. The van der Waals surface area contributed by atoms with Crippen molar-refractivity contribution in [3.63, 3.8) is 0 Å². The number of cyclic esters (lactones) is 1. The molecular formula is C23H27FN4O4SSi. The van der Waals surface area contributed by atoms with E-state index in [1.54, 1.807) is 29.1 Å². The van der Waals surface area contributed by atoms with Gasteiger partial charge in [0.05, 0.1) is 42.4 Å². The monoisotopic (exact) mass is 502 g/mol. The van der Waals surface area contributed by atoms with Crippen molar-refractivity contribution < 1.29 is 22.3 Å². The molecule has 2 aromatic rings. The van der Waals surface area contributed by atoms with Gasteiger partial charge < -0.3 is 4.74 Å². The SMILES string of the molecule is C[Si](C)(C)C#CCc1cn(C[C@H]2CN(c3ccc(C4=CCS(=O)(=O)CC4)c(F)c3)C(=O)O2)nn1. The smallest absolute Gasteiger partial charge is 0.414 e. The van der Waals surface area contributed by atoms with Gasteiger partial charge >= 0.3 is 6.09 Å². The van der Waals surface area contributed by atoms with Crippen molar-refractivity contribution in [2.24, 2.45) is 0 Å². The predicted molar refractivity (Wildman–Crippen MR) is 130 cm³/mol. The third-order valence-electron chi connectivity index (χ3n) is 5.46. The fraction of sp³-hybridized carbons (Fsp3) is 0.435. The molecule has 0 saturated carbocycles. The molecule has 1 aromatic heterocycles. The van der Waals surface area contributed by atoms with Crippen LogP contribution in [0.1, 0.15) is 17.7 Å². The third-order valence-corrected chi connectivity index (χ3v) is 7.89. The highest BCUT2D eigenvalue weighted by Crippen LogP contribution is 2.30. The van der Waals surface area contributed by atoms with E-state index in [4.69, 9.17) is 4.74 Å². The number of anilines is 1. The maximum atomic E-state index is 14.8. The molecule has 8 nitrogen and oxygen atoms in total. The van der Waals surface area contributed by atoms with Crippen LogP contribution in [0.2, 0.25) is 19.6 Å². The molecule has 0 aliphatic carbocycles. The average molecular weight is 503 g/mol. The number of hydrogen-bond acceptors (Lipinski definition) is 6. The minimum Gasteiger partial charge on any atom is -0.442 e. The van der Waals surface area contributed by atoms with E-state index in [0.717, 1.165) is 5.69 Å². The number of allylic oxidation sites excluding steroid dienone is 1. The first-order valence-corrected chi connectivity index (χ1v) is 16.4. The van der Waals surface area contributed by atoms with Crippen LogP contribution >= 0.6 is 0 Å². The lowest BCUT2D eigenvalue weighted by atomic mass is 10.0. The summed E-state index contributed by atoms with van der Waals surface area (Å²) in [7, 11) is -4.53. The fourth-order valence-corrected chi connectivity index (χ4v) is 5.57. The van der Waals surface area contributed by atoms with Crippen molar-refractivity contribution in [2.75, 3.05) is 23.0 Å². The summed E-state index contributed by atoms with van der Waals surface area (Å²) < 4.78 is 45.1. The van der Waals surface area contributed by atoms with Gasteiger partial charge in [-0.2, -0.15) is 0 Å². The number of carbonyl (C=O) groups is 1. The van der Waals surface area contributed by atoms with Crippen molar-refractivity contribution >= 4 is 35.3 Å². The Morgan fingerprint density at radius 3 is 2.76 bits per heavy atom. The molecule has 4 rings (SSSR count). The summed E-state index contributed by atoms with van der Waals surface area (Å²) in [5.41, 5.74) is 5.46. The van der Waals surface area contributed by atoms with Crippen LogP contribution in [0.4, 0.5) is 14.9 Å². The summed E-state index contributed by atoms with van der Waals surface area (Å²) in [6, 6.07) is 4.52. The van der Waals surface area contributed by atoms with Gasteiger partial charge in [0.2, 0.25) is 0 Å². The number of halogens is 1. The van der Waals surface area contributed by atoms with E-state index in [2.05, 4.69) is 41.4 Å². The zero-order valence-corrected chi connectivity index (χ0v) is 21.2. The average Bonchev–Trinajstić information content (AvgIpc) is 3.33. The summed E-state index contributed by atoms with van der Waals surface area (Å²) in [6.07, 6.45) is 3.14. The van der Waals surface area contributed by atoms with Crippen molar-refractivity contribution in [2.45, 2.75) is 45.1 Å². The normalized spacial score (nSPS) is 19.9. The van der Waals surface area contributed by atoms with Crippen LogP contribution in [0.3, 0.4) is 0 Å². The van der Waals surface area contributed by atoms with Gasteiger partial charge in [0.25, 0.3) is 0 Å². The van der Waals surface area contributed by atoms with Crippen LogP contribution in [0.5, 0.6) is 0 Å². The summed E-state index contributed by atoms with van der Waals surface area (Å²) in [4.78, 5) is 13.8. The van der Waals surface area contributed by atoms with E-state index < -0.39 is 35.9 Å². The molecule has 11 heteroatoms. The number of amides is 1. The van der Waals surface area contributed by atoms with Crippen molar-refractivity contribution in [3.8, 4) is 11.5 Å². The number of benzene rings is 1. The Morgan fingerprint density at radius 1 is 1.29 bits per heavy atom. The molecule has 2 aliphatic heterocycles. The molecule has 0 N–H and O–H groups in total. The molecule has 1 saturated heterocycles. The van der Waals surface area contributed by atoms with Crippen LogP contribution in [-0.2, 0) is 27.5 Å². The second kappa shape index (κ2) is 9.35. The van der Waals surface area contributed by atoms with Crippen LogP contribution in [0.25, 0.3) is 5.57 Å². The number of carbonyl (C=O) groups excluding carboxylic acids is 1. The van der Waals surface area contributed by atoms with E-state index in [1.807, 2.05) is 0 Å². The molecule has 3 heterocycles. The molecule has 1 atom stereocenters. The third kappa shape index (κ3) is 5.93. The molecule has 180 valence electrons. The molecule has 1 fully saturated rings. The lowest BCUT2D eigenvalue weighted by Gasteiger charge is -2.17. The lowest BCUT2D eigenvalue weighted by molar-refractivity contribution is 0.129. The van der Waals surface area contributed by atoms with E-state index >= 15 is 0 Å². The van der Waals surface area contributed by atoms with Crippen LogP contribution < -0.4 is 4.90 Å². The maximum Gasteiger partial charge on any atom is 0.414 e. The molecule has 1 aromatic carbocycles. The van der Waals surface area contributed by atoms with Crippen molar-refractivity contribution in [1.29, 1.82) is 0 Å². The molecule has 0 radical (unpaired) electrons. The number of hydrogen-bond donors (Lipinski definition) is 0. The lowest BCUT2D eigenvalue weighted by Crippen LogP contribution is -2.26. The zero-order valence-electron chi connectivity index (χ0n) is 19.4. The highest BCUT2D eigenvalue weighted by atomic mass is 32.2. The standard InChI is InChI=1S/C23H27FN4O4SSi/c1-34(2,3)12-4-5-18-14-27(26-25-18)15-20-16-28(23(29)32-20)19-6-7-21(22(24)13-19)17-8-10-33(30,31)11-9-17/h6-8,13-14,20H,5,9-11,15-16H2,1-3H3/t20-/m0/s1. The van der Waals surface area contributed by atoms with Gasteiger partial charge in [-0.3, -0.25) is 4.90 Å². The van der Waals surface area contributed by atoms with Crippen molar-refractivity contribution in [3.05, 3.63) is 47.5 Å². The van der Waals surface area contributed by atoms with Gasteiger partial charge in [-0.25, -0.2) is 22.3 Å².